The summed E-state index contributed by atoms with van der Waals surface area (Å²) in [6.07, 6.45) is 0. The minimum absolute atomic E-state index is 0.922. The lowest BCUT2D eigenvalue weighted by atomic mass is 10.1. The zero-order valence-electron chi connectivity index (χ0n) is 18.4. The van der Waals surface area contributed by atoms with E-state index in [1.165, 1.54) is 33.1 Å². The van der Waals surface area contributed by atoms with E-state index in [1.807, 2.05) is 0 Å². The first kappa shape index (κ1) is 20.1. The van der Waals surface area contributed by atoms with Crippen LogP contribution in [-0.2, 0) is 13.1 Å². The number of hydrogen-bond acceptors (Lipinski definition) is 3. The number of benzene rings is 3. The Morgan fingerprint density at radius 1 is 0.774 bits per heavy atom. The van der Waals surface area contributed by atoms with Crippen molar-refractivity contribution in [3.8, 4) is 0 Å². The fraction of sp³-hybridized carbons (Fsp3) is 0.333. The Bertz CT molecular complexity index is 1140. The minimum atomic E-state index is 0.922. The average molecular weight is 413 g/mol. The monoisotopic (exact) mass is 412 g/mol. The van der Waals surface area contributed by atoms with Gasteiger partial charge in [-0.1, -0.05) is 42.5 Å². The van der Waals surface area contributed by atoms with Crippen molar-refractivity contribution in [1.29, 1.82) is 0 Å². The maximum Gasteiger partial charge on any atom is 0.0491 e. The van der Waals surface area contributed by atoms with E-state index in [1.54, 1.807) is 0 Å². The molecule has 0 aliphatic carbocycles. The predicted octanol–water partition coefficient (Wildman–Crippen LogP) is 4.73. The molecule has 4 nitrogen and oxygen atoms in total. The molecule has 0 atom stereocenters. The molecule has 0 radical (unpaired) electrons. The third-order valence-electron chi connectivity index (χ3n) is 6.58. The van der Waals surface area contributed by atoms with E-state index in [0.29, 0.717) is 0 Å². The van der Waals surface area contributed by atoms with Gasteiger partial charge in [0.2, 0.25) is 0 Å². The first-order chi connectivity index (χ1) is 15.3. The van der Waals surface area contributed by atoms with Crippen molar-refractivity contribution in [2.75, 3.05) is 44.2 Å². The summed E-state index contributed by atoms with van der Waals surface area (Å²) >= 11 is 0. The van der Waals surface area contributed by atoms with Crippen LogP contribution in [0.25, 0.3) is 21.8 Å². The van der Waals surface area contributed by atoms with E-state index in [2.05, 4.69) is 99.4 Å². The van der Waals surface area contributed by atoms with Crippen molar-refractivity contribution in [2.24, 2.45) is 0 Å². The number of rotatable bonds is 7. The summed E-state index contributed by atoms with van der Waals surface area (Å²) in [7, 11) is 0. The largest absolute Gasteiger partial charge is 0.369 e. The van der Waals surface area contributed by atoms with Crippen molar-refractivity contribution in [3.63, 3.8) is 0 Å². The molecule has 1 aliphatic heterocycles. The van der Waals surface area contributed by atoms with E-state index in [-0.39, 0.29) is 0 Å². The van der Waals surface area contributed by atoms with Crippen LogP contribution in [-0.4, -0.2) is 48.7 Å². The van der Waals surface area contributed by atoms with Crippen LogP contribution in [0.1, 0.15) is 12.5 Å². The van der Waals surface area contributed by atoms with Gasteiger partial charge in [0.1, 0.15) is 0 Å². The molecule has 1 fully saturated rings. The zero-order chi connectivity index (χ0) is 21.0. The van der Waals surface area contributed by atoms with Gasteiger partial charge in [0, 0.05) is 79.9 Å². The lowest BCUT2D eigenvalue weighted by Gasteiger charge is -2.36. The Morgan fingerprint density at radius 2 is 1.52 bits per heavy atom. The molecule has 4 aromatic rings. The molecule has 0 unspecified atom stereocenters. The summed E-state index contributed by atoms with van der Waals surface area (Å²) in [5.74, 6) is 0. The molecule has 4 heteroatoms. The standard InChI is InChI=1S/C27H32N4/c1-2-31-26-11-7-6-10-24(26)25-20-22(12-13-27(25)31)21-28-14-15-29-16-18-30(19-17-29)23-8-4-3-5-9-23/h3-13,20,28H,2,14-19,21H2,1H3. The number of fused-ring (bicyclic) bond motifs is 3. The van der Waals surface area contributed by atoms with Crippen LogP contribution >= 0.6 is 0 Å². The van der Waals surface area contributed by atoms with Crippen LogP contribution < -0.4 is 10.2 Å². The fourth-order valence-corrected chi connectivity index (χ4v) is 4.89. The maximum absolute atomic E-state index is 3.66. The predicted molar refractivity (Wildman–Crippen MR) is 132 cm³/mol. The Morgan fingerprint density at radius 3 is 2.32 bits per heavy atom. The molecule has 3 aromatic carbocycles. The van der Waals surface area contributed by atoms with Crippen molar-refractivity contribution >= 4 is 27.5 Å². The van der Waals surface area contributed by atoms with Gasteiger partial charge in [-0.25, -0.2) is 0 Å². The van der Waals surface area contributed by atoms with Crippen LogP contribution in [0.2, 0.25) is 0 Å². The van der Waals surface area contributed by atoms with Crippen molar-refractivity contribution < 1.29 is 0 Å². The van der Waals surface area contributed by atoms with Crippen molar-refractivity contribution in [2.45, 2.75) is 20.0 Å². The highest BCUT2D eigenvalue weighted by Crippen LogP contribution is 2.29. The van der Waals surface area contributed by atoms with Gasteiger partial charge in [0.05, 0.1) is 0 Å². The Labute approximate surface area is 185 Å². The molecule has 5 rings (SSSR count). The van der Waals surface area contributed by atoms with E-state index in [0.717, 1.165) is 52.4 Å². The highest BCUT2D eigenvalue weighted by molar-refractivity contribution is 6.08. The van der Waals surface area contributed by atoms with Crippen LogP contribution in [0.3, 0.4) is 0 Å². The minimum Gasteiger partial charge on any atom is -0.369 e. The number of aryl methyl sites for hydroxylation is 1. The molecule has 31 heavy (non-hydrogen) atoms. The summed E-state index contributed by atoms with van der Waals surface area (Å²) < 4.78 is 2.41. The summed E-state index contributed by atoms with van der Waals surface area (Å²) in [6, 6.07) is 26.5. The second-order valence-corrected chi connectivity index (χ2v) is 8.45. The van der Waals surface area contributed by atoms with Gasteiger partial charge in [-0.15, -0.1) is 0 Å². The number of aromatic nitrogens is 1. The number of anilines is 1. The quantitative estimate of drug-likeness (QED) is 0.444. The lowest BCUT2D eigenvalue weighted by Crippen LogP contribution is -2.48. The SMILES string of the molecule is CCn1c2ccccc2c2cc(CNCCN3CCN(c4ccccc4)CC3)ccc21. The molecule has 2 heterocycles. The first-order valence-corrected chi connectivity index (χ1v) is 11.6. The fourth-order valence-electron chi connectivity index (χ4n) is 4.89. The van der Waals surface area contributed by atoms with Crippen molar-refractivity contribution in [1.82, 2.24) is 14.8 Å². The van der Waals surface area contributed by atoms with Crippen LogP contribution in [0.4, 0.5) is 5.69 Å². The Kier molecular flexibility index (Phi) is 5.92. The van der Waals surface area contributed by atoms with Crippen LogP contribution in [0, 0.1) is 0 Å². The number of nitrogens with one attached hydrogen (secondary N) is 1. The second kappa shape index (κ2) is 9.13. The summed E-state index contributed by atoms with van der Waals surface area (Å²) in [6.45, 7) is 10.8. The highest BCUT2D eigenvalue weighted by Gasteiger charge is 2.16. The van der Waals surface area contributed by atoms with E-state index < -0.39 is 0 Å². The van der Waals surface area contributed by atoms with Crippen molar-refractivity contribution in [3.05, 3.63) is 78.4 Å². The smallest absolute Gasteiger partial charge is 0.0491 e. The maximum atomic E-state index is 3.66. The van der Waals surface area contributed by atoms with Crippen LogP contribution in [0.15, 0.2) is 72.8 Å². The molecule has 1 N–H and O–H groups in total. The summed E-state index contributed by atoms with van der Waals surface area (Å²) in [5, 5.41) is 6.39. The Hall–Kier alpha value is -2.82. The molecule has 160 valence electrons. The molecule has 1 aromatic heterocycles. The Balaban J connectivity index is 1.15. The lowest BCUT2D eigenvalue weighted by molar-refractivity contribution is 0.257. The molecule has 1 aliphatic rings. The first-order valence-electron chi connectivity index (χ1n) is 11.6. The zero-order valence-corrected chi connectivity index (χ0v) is 18.4. The van der Waals surface area contributed by atoms with Crippen LogP contribution in [0.5, 0.6) is 0 Å². The third-order valence-corrected chi connectivity index (χ3v) is 6.58. The molecule has 0 amide bonds. The molecular weight excluding hydrogens is 380 g/mol. The van der Waals surface area contributed by atoms with Gasteiger partial charge < -0.3 is 14.8 Å². The van der Waals surface area contributed by atoms with E-state index >= 15 is 0 Å². The number of para-hydroxylation sites is 2. The number of hydrogen-bond donors (Lipinski definition) is 1. The van der Waals surface area contributed by atoms with Gasteiger partial charge in [0.15, 0.2) is 0 Å². The summed E-state index contributed by atoms with van der Waals surface area (Å²) in [4.78, 5) is 5.07. The van der Waals surface area contributed by atoms with Gasteiger partial charge >= 0.3 is 0 Å². The molecule has 0 bridgehead atoms. The topological polar surface area (TPSA) is 23.4 Å². The normalized spacial score (nSPS) is 15.2. The van der Waals surface area contributed by atoms with E-state index in [9.17, 15) is 0 Å². The van der Waals surface area contributed by atoms with Gasteiger partial charge in [-0.2, -0.15) is 0 Å². The molecule has 0 saturated carbocycles. The van der Waals surface area contributed by atoms with Gasteiger partial charge in [-0.05, 0) is 42.8 Å². The summed E-state index contributed by atoms with van der Waals surface area (Å²) in [5.41, 5.74) is 5.38. The van der Waals surface area contributed by atoms with Gasteiger partial charge in [0.25, 0.3) is 0 Å². The average Bonchev–Trinajstić information content (AvgIpc) is 3.16. The molecular formula is C27H32N4. The third kappa shape index (κ3) is 4.18. The van der Waals surface area contributed by atoms with E-state index in [4.69, 9.17) is 0 Å². The molecule has 0 spiro atoms. The van der Waals surface area contributed by atoms with Gasteiger partial charge in [-0.3, -0.25) is 4.90 Å². The highest BCUT2D eigenvalue weighted by atomic mass is 15.3. The number of piperazine rings is 1. The second-order valence-electron chi connectivity index (χ2n) is 8.45. The number of nitrogens with zero attached hydrogens (tertiary/aromatic N) is 3. The molecule has 1 saturated heterocycles.